The maximum Gasteiger partial charge on any atom is 0.573 e. The number of rotatable bonds is 11. The number of thiazole rings is 1. The lowest BCUT2D eigenvalue weighted by Crippen LogP contribution is -2.49. The minimum absolute atomic E-state index is 0.0387. The Morgan fingerprint density at radius 3 is 2.54 bits per heavy atom. The van der Waals surface area contributed by atoms with Crippen LogP contribution in [0, 0.1) is 18.3 Å². The zero-order chi connectivity index (χ0) is 46.5. The van der Waals surface area contributed by atoms with E-state index in [2.05, 4.69) is 28.6 Å². The first-order valence-corrected chi connectivity index (χ1v) is 24.5. The molecule has 2 saturated carbocycles. The minimum atomic E-state index is -4.93. The van der Waals surface area contributed by atoms with E-state index in [0.717, 1.165) is 17.7 Å². The maximum atomic E-state index is 15.0. The number of ether oxygens (including phenoxy) is 3. The number of hydrogen-bond acceptors (Lipinski definition) is 12. The Hall–Kier alpha value is -5.23. The predicted molar refractivity (Wildman–Crippen MR) is 240 cm³/mol. The summed E-state index contributed by atoms with van der Waals surface area (Å²) in [6, 6.07) is 8.67. The second-order valence-electron chi connectivity index (χ2n) is 18.3. The molecule has 2 N–H and O–H groups in total. The molecule has 3 fully saturated rings. The standard InChI is InChI=1S/C47H54F3N5O8S2/c1-27(2)36-26-64-42(53-36)35-22-40(33-16-17-39(61-5)28(3)41(33)52-35)62-32-21-37-38(56)24-46(44(58)54-65(59,60)45(4)18-19-45)23-29(46)12-9-7-6-8-10-15-34(43(57)55(37)25-32)51-30-13-11-14-31(20-30)63-47(48,49)50/h9,11-14,16-17,20,22,26-27,29,32,34,37,51H,6-8,10,15,18-19,21,23-25H2,1-5H3,(H,54,58)/b12-9-/t29-,32-,34+,37+,46-/m1/s1. The lowest BCUT2D eigenvalue weighted by atomic mass is 9.91. The number of nitrogens with zero attached hydrogens (tertiary/aromatic N) is 3. The van der Waals surface area contributed by atoms with Gasteiger partial charge in [-0.2, -0.15) is 0 Å². The molecule has 2 aliphatic carbocycles. The van der Waals surface area contributed by atoms with Crippen LogP contribution in [0.15, 0.2) is 60.0 Å². The molecule has 0 spiro atoms. The van der Waals surface area contributed by atoms with Crippen LogP contribution in [-0.2, 0) is 24.4 Å². The van der Waals surface area contributed by atoms with Crippen molar-refractivity contribution in [3.8, 4) is 28.0 Å². The molecule has 5 atom stereocenters. The number of carbonyl (C=O) groups is 3. The van der Waals surface area contributed by atoms with Crippen LogP contribution in [0.25, 0.3) is 21.6 Å². The van der Waals surface area contributed by atoms with Crippen LogP contribution in [0.5, 0.6) is 17.2 Å². The van der Waals surface area contributed by atoms with Crippen molar-refractivity contribution in [1.29, 1.82) is 0 Å². The normalized spacial score (nSPS) is 25.2. The second kappa shape index (κ2) is 17.9. The molecule has 348 valence electrons. The van der Waals surface area contributed by atoms with Gasteiger partial charge in [0.25, 0.3) is 0 Å². The number of methoxy groups -OCH3 is 1. The molecule has 18 heteroatoms. The summed E-state index contributed by atoms with van der Waals surface area (Å²) in [5.74, 6) is -1.22. The number of sulfonamides is 1. The van der Waals surface area contributed by atoms with Gasteiger partial charge in [0.05, 0.1) is 41.1 Å². The van der Waals surface area contributed by atoms with Gasteiger partial charge in [0.1, 0.15) is 40.1 Å². The Bertz CT molecular complexity index is 2630. The van der Waals surface area contributed by atoms with Crippen molar-refractivity contribution >= 4 is 55.5 Å². The molecule has 0 radical (unpaired) electrons. The van der Waals surface area contributed by atoms with Crippen LogP contribution in [0.3, 0.4) is 0 Å². The van der Waals surface area contributed by atoms with Gasteiger partial charge in [-0.15, -0.1) is 24.5 Å². The molecule has 2 aromatic heterocycles. The summed E-state index contributed by atoms with van der Waals surface area (Å²) in [5, 5.41) is 6.49. The molecule has 2 aromatic carbocycles. The molecule has 65 heavy (non-hydrogen) atoms. The van der Waals surface area contributed by atoms with Crippen molar-refractivity contribution in [2.24, 2.45) is 11.3 Å². The SMILES string of the molecule is COc1ccc2c(O[C@@H]3C[C@H]4C(=O)C[C@]5(C(=O)NS(=O)(=O)C6(C)CC6)C[C@H]5/C=C\CCCCC[C@H](Nc5cccc(OC(F)(F)F)c5)C(=O)N4C3)cc(-c3nc(C(C)C)cs3)nc2c1C. The van der Waals surface area contributed by atoms with Crippen LogP contribution >= 0.6 is 11.3 Å². The summed E-state index contributed by atoms with van der Waals surface area (Å²) in [4.78, 5) is 55.3. The second-order valence-corrected chi connectivity index (χ2v) is 21.4. The molecule has 4 heterocycles. The van der Waals surface area contributed by atoms with Crippen molar-refractivity contribution in [2.45, 2.75) is 127 Å². The summed E-state index contributed by atoms with van der Waals surface area (Å²) in [7, 11) is -2.44. The van der Waals surface area contributed by atoms with Gasteiger partial charge in [-0.25, -0.2) is 18.4 Å². The number of allylic oxidation sites excluding steroid dienone is 2. The third-order valence-electron chi connectivity index (χ3n) is 13.3. The van der Waals surface area contributed by atoms with E-state index in [1.54, 1.807) is 20.1 Å². The number of pyridine rings is 1. The molecule has 0 unspecified atom stereocenters. The number of aryl methyl sites for hydroxylation is 1. The number of nitrogens with one attached hydrogen (secondary N) is 2. The number of amides is 2. The van der Waals surface area contributed by atoms with E-state index >= 15 is 4.79 Å². The van der Waals surface area contributed by atoms with Gasteiger partial charge in [0.2, 0.25) is 21.8 Å². The first kappa shape index (κ1) is 46.3. The summed E-state index contributed by atoms with van der Waals surface area (Å²) < 4.78 is 84.2. The van der Waals surface area contributed by atoms with Gasteiger partial charge in [0, 0.05) is 47.0 Å². The fraction of sp³-hybridized carbons (Fsp3) is 0.511. The third kappa shape index (κ3) is 9.84. The number of ketones is 1. The van der Waals surface area contributed by atoms with E-state index in [1.807, 2.05) is 36.6 Å². The van der Waals surface area contributed by atoms with Crippen LogP contribution in [0.2, 0.25) is 0 Å². The van der Waals surface area contributed by atoms with Crippen LogP contribution in [0.1, 0.15) is 102 Å². The highest BCUT2D eigenvalue weighted by molar-refractivity contribution is 7.91. The predicted octanol–water partition coefficient (Wildman–Crippen LogP) is 9.01. The first-order valence-electron chi connectivity index (χ1n) is 22.1. The summed E-state index contributed by atoms with van der Waals surface area (Å²) in [6.07, 6.45) is 2.02. The van der Waals surface area contributed by atoms with E-state index in [-0.39, 0.29) is 43.3 Å². The van der Waals surface area contributed by atoms with Crippen LogP contribution < -0.4 is 24.2 Å². The minimum Gasteiger partial charge on any atom is -0.496 e. The van der Waals surface area contributed by atoms with Gasteiger partial charge in [-0.05, 0) is 88.5 Å². The fourth-order valence-electron chi connectivity index (χ4n) is 8.93. The van der Waals surface area contributed by atoms with E-state index < -0.39 is 68.1 Å². The molecule has 2 amide bonds. The number of fused-ring (bicyclic) bond motifs is 3. The Morgan fingerprint density at radius 1 is 1.05 bits per heavy atom. The number of anilines is 1. The van der Waals surface area contributed by atoms with Gasteiger partial charge in [0.15, 0.2) is 5.78 Å². The Balaban J connectivity index is 1.16. The van der Waals surface area contributed by atoms with Crippen molar-refractivity contribution in [1.82, 2.24) is 19.6 Å². The largest absolute Gasteiger partial charge is 0.573 e. The molecule has 2 aliphatic heterocycles. The number of hydrogen-bond donors (Lipinski definition) is 2. The van der Waals surface area contributed by atoms with E-state index in [1.165, 1.54) is 40.5 Å². The molecule has 8 rings (SSSR count). The zero-order valence-electron chi connectivity index (χ0n) is 37.0. The topological polar surface area (TPSA) is 166 Å². The molecule has 1 saturated heterocycles. The fourth-order valence-corrected chi connectivity index (χ4v) is 11.2. The van der Waals surface area contributed by atoms with Crippen LogP contribution in [-0.4, -0.2) is 83.8 Å². The van der Waals surface area contributed by atoms with Crippen LogP contribution in [0.4, 0.5) is 18.9 Å². The Kier molecular flexibility index (Phi) is 12.7. The van der Waals surface area contributed by atoms with Gasteiger partial charge < -0.3 is 24.4 Å². The number of carbonyl (C=O) groups excluding carboxylic acids is 3. The van der Waals surface area contributed by atoms with E-state index in [4.69, 9.17) is 19.4 Å². The van der Waals surface area contributed by atoms with Crippen molar-refractivity contribution < 1.29 is 50.2 Å². The number of Topliss-reactive ketones (excluding diaryl/α,β-unsaturated/α-hetero) is 1. The number of alkyl halides is 3. The highest BCUT2D eigenvalue weighted by Gasteiger charge is 2.62. The number of halogens is 3. The summed E-state index contributed by atoms with van der Waals surface area (Å²) in [5.41, 5.74) is 1.75. The number of benzene rings is 2. The average Bonchev–Trinajstić information content (AvgIpc) is 4.02. The summed E-state index contributed by atoms with van der Waals surface area (Å²) in [6.45, 7) is 7.56. The highest BCUT2D eigenvalue weighted by Crippen LogP contribution is 2.58. The Labute approximate surface area is 380 Å². The lowest BCUT2D eigenvalue weighted by molar-refractivity contribution is -0.274. The Morgan fingerprint density at radius 2 is 1.83 bits per heavy atom. The van der Waals surface area contributed by atoms with Gasteiger partial charge in [-0.3, -0.25) is 19.1 Å². The third-order valence-corrected chi connectivity index (χ3v) is 16.3. The van der Waals surface area contributed by atoms with E-state index in [0.29, 0.717) is 71.6 Å². The molecule has 0 bridgehead atoms. The van der Waals surface area contributed by atoms with Gasteiger partial charge >= 0.3 is 6.36 Å². The zero-order valence-corrected chi connectivity index (χ0v) is 38.6. The number of aromatic nitrogens is 2. The molecular weight excluding hydrogens is 884 g/mol. The smallest absolute Gasteiger partial charge is 0.496 e. The molecule has 4 aliphatic rings. The van der Waals surface area contributed by atoms with Gasteiger partial charge in [-0.1, -0.05) is 44.9 Å². The lowest BCUT2D eigenvalue weighted by Gasteiger charge is -2.30. The van der Waals surface area contributed by atoms with E-state index in [9.17, 15) is 31.2 Å². The monoisotopic (exact) mass is 937 g/mol. The van der Waals surface area contributed by atoms with Crippen molar-refractivity contribution in [3.05, 3.63) is 71.3 Å². The molecule has 4 aromatic rings. The quantitative estimate of drug-likeness (QED) is 0.138. The maximum absolute atomic E-state index is 15.0. The average molecular weight is 938 g/mol. The highest BCUT2D eigenvalue weighted by atomic mass is 32.2. The van der Waals surface area contributed by atoms with Crippen molar-refractivity contribution in [3.63, 3.8) is 0 Å². The molecule has 13 nitrogen and oxygen atoms in total. The molecular formula is C47H54F3N5O8S2. The first-order chi connectivity index (χ1) is 30.8. The summed E-state index contributed by atoms with van der Waals surface area (Å²) >= 11 is 1.45. The van der Waals surface area contributed by atoms with Crippen molar-refractivity contribution in [2.75, 3.05) is 19.0 Å².